The first-order valence-corrected chi connectivity index (χ1v) is 5.92. The van der Waals surface area contributed by atoms with E-state index in [1.54, 1.807) is 6.20 Å². The van der Waals surface area contributed by atoms with Crippen molar-refractivity contribution < 1.29 is 9.26 Å². The van der Waals surface area contributed by atoms with E-state index in [0.29, 0.717) is 12.5 Å². The zero-order valence-electron chi connectivity index (χ0n) is 10.1. The lowest BCUT2D eigenvalue weighted by Gasteiger charge is -1.99. The Bertz CT molecular complexity index is 534. The molecule has 1 saturated heterocycles. The molecule has 3 heterocycles. The molecule has 0 bridgehead atoms. The number of nitrogens with zero attached hydrogens (tertiary/aromatic N) is 3. The molecule has 2 aromatic heterocycles. The average molecular weight is 246 g/mol. The summed E-state index contributed by atoms with van der Waals surface area (Å²) in [5.41, 5.74) is 0.868. The van der Waals surface area contributed by atoms with Crippen LogP contribution in [0.5, 0.6) is 0 Å². The molecule has 0 spiro atoms. The van der Waals surface area contributed by atoms with Gasteiger partial charge in [0.1, 0.15) is 5.82 Å². The Balaban J connectivity index is 1.87. The van der Waals surface area contributed by atoms with E-state index in [2.05, 4.69) is 20.4 Å². The predicted octanol–water partition coefficient (Wildman–Crippen LogP) is 1.68. The lowest BCUT2D eigenvalue weighted by molar-refractivity contribution is 0.192. The molecule has 0 radical (unpaired) electrons. The van der Waals surface area contributed by atoms with Crippen molar-refractivity contribution in [3.63, 3.8) is 0 Å². The molecule has 6 heteroatoms. The van der Waals surface area contributed by atoms with Crippen molar-refractivity contribution in [2.24, 2.45) is 0 Å². The van der Waals surface area contributed by atoms with Gasteiger partial charge in [-0.1, -0.05) is 5.16 Å². The van der Waals surface area contributed by atoms with Crippen LogP contribution in [0.4, 0.5) is 5.82 Å². The Morgan fingerprint density at radius 1 is 1.44 bits per heavy atom. The topological polar surface area (TPSA) is 73.1 Å². The van der Waals surface area contributed by atoms with Gasteiger partial charge in [-0.15, -0.1) is 0 Å². The number of anilines is 1. The summed E-state index contributed by atoms with van der Waals surface area (Å²) < 4.78 is 10.6. The van der Waals surface area contributed by atoms with Gasteiger partial charge in [0, 0.05) is 31.3 Å². The normalized spacial score (nSPS) is 19.1. The van der Waals surface area contributed by atoms with Crippen molar-refractivity contribution in [1.82, 2.24) is 15.1 Å². The summed E-state index contributed by atoms with van der Waals surface area (Å²) in [5, 5.41) is 7.00. The molecule has 6 nitrogen and oxygen atoms in total. The van der Waals surface area contributed by atoms with Crippen LogP contribution in [0.1, 0.15) is 18.2 Å². The Labute approximate surface area is 104 Å². The van der Waals surface area contributed by atoms with Crippen LogP contribution in [-0.4, -0.2) is 35.4 Å². The number of nitrogens with one attached hydrogen (secondary N) is 1. The third kappa shape index (κ3) is 2.06. The minimum atomic E-state index is 0.258. The molecule has 0 unspecified atom stereocenters. The highest BCUT2D eigenvalue weighted by atomic mass is 16.5. The van der Waals surface area contributed by atoms with Crippen LogP contribution in [0.15, 0.2) is 22.9 Å². The fourth-order valence-electron chi connectivity index (χ4n) is 1.96. The van der Waals surface area contributed by atoms with Crippen molar-refractivity contribution in [2.45, 2.75) is 12.3 Å². The highest BCUT2D eigenvalue weighted by Crippen LogP contribution is 2.26. The van der Waals surface area contributed by atoms with E-state index < -0.39 is 0 Å². The number of pyridine rings is 1. The smallest absolute Gasteiger partial charge is 0.258 e. The zero-order chi connectivity index (χ0) is 12.4. The van der Waals surface area contributed by atoms with Crippen LogP contribution in [0.25, 0.3) is 11.5 Å². The van der Waals surface area contributed by atoms with Gasteiger partial charge in [-0.25, -0.2) is 4.98 Å². The standard InChI is InChI=1S/C12H14N4O2/c1-13-10-6-8(2-4-14-10)12-15-11(16-18-12)9-3-5-17-7-9/h2,4,6,9H,3,5,7H2,1H3,(H,13,14)/t9-/m0/s1. The van der Waals surface area contributed by atoms with E-state index in [4.69, 9.17) is 9.26 Å². The lowest BCUT2D eigenvalue weighted by atomic mass is 10.1. The van der Waals surface area contributed by atoms with Gasteiger partial charge < -0.3 is 14.6 Å². The number of ether oxygens (including phenoxy) is 1. The van der Waals surface area contributed by atoms with Crippen LogP contribution >= 0.6 is 0 Å². The summed E-state index contributed by atoms with van der Waals surface area (Å²) in [4.78, 5) is 8.57. The second-order valence-corrected chi connectivity index (χ2v) is 4.20. The van der Waals surface area contributed by atoms with Crippen LogP contribution in [-0.2, 0) is 4.74 Å². The van der Waals surface area contributed by atoms with Crippen LogP contribution < -0.4 is 5.32 Å². The lowest BCUT2D eigenvalue weighted by Crippen LogP contribution is -1.99. The molecule has 94 valence electrons. The second-order valence-electron chi connectivity index (χ2n) is 4.20. The summed E-state index contributed by atoms with van der Waals surface area (Å²) >= 11 is 0. The molecule has 18 heavy (non-hydrogen) atoms. The SMILES string of the molecule is CNc1cc(-c2nc([C@H]3CCOC3)no2)ccn1. The van der Waals surface area contributed by atoms with Gasteiger partial charge in [-0.05, 0) is 18.6 Å². The Kier molecular flexibility index (Phi) is 2.93. The molecule has 1 atom stereocenters. The van der Waals surface area contributed by atoms with E-state index in [0.717, 1.165) is 30.2 Å². The number of hydrogen-bond donors (Lipinski definition) is 1. The largest absolute Gasteiger partial charge is 0.381 e. The minimum Gasteiger partial charge on any atom is -0.381 e. The van der Waals surface area contributed by atoms with Gasteiger partial charge in [-0.3, -0.25) is 0 Å². The number of aromatic nitrogens is 3. The predicted molar refractivity (Wildman–Crippen MR) is 65.3 cm³/mol. The maximum atomic E-state index is 5.32. The Morgan fingerprint density at radius 2 is 2.39 bits per heavy atom. The molecular weight excluding hydrogens is 232 g/mol. The summed E-state index contributed by atoms with van der Waals surface area (Å²) in [6, 6.07) is 3.73. The maximum absolute atomic E-state index is 5.32. The molecule has 1 N–H and O–H groups in total. The van der Waals surface area contributed by atoms with Crippen molar-refractivity contribution in [2.75, 3.05) is 25.6 Å². The third-order valence-electron chi connectivity index (χ3n) is 3.00. The van der Waals surface area contributed by atoms with Crippen LogP contribution in [0, 0.1) is 0 Å². The van der Waals surface area contributed by atoms with Gasteiger partial charge in [0.05, 0.1) is 6.61 Å². The number of rotatable bonds is 3. The highest BCUT2D eigenvalue weighted by Gasteiger charge is 2.23. The molecule has 0 aliphatic carbocycles. The summed E-state index contributed by atoms with van der Waals surface area (Å²) in [7, 11) is 1.82. The quantitative estimate of drug-likeness (QED) is 0.888. The first kappa shape index (κ1) is 11.2. The molecule has 0 saturated carbocycles. The van der Waals surface area contributed by atoms with Crippen LogP contribution in [0.3, 0.4) is 0 Å². The molecular formula is C12H14N4O2. The second kappa shape index (κ2) is 4.73. The van der Waals surface area contributed by atoms with Crippen molar-refractivity contribution in [1.29, 1.82) is 0 Å². The van der Waals surface area contributed by atoms with Crippen molar-refractivity contribution in [3.8, 4) is 11.5 Å². The van der Waals surface area contributed by atoms with E-state index in [1.165, 1.54) is 0 Å². The fraction of sp³-hybridized carbons (Fsp3) is 0.417. The van der Waals surface area contributed by atoms with Crippen LogP contribution in [0.2, 0.25) is 0 Å². The monoisotopic (exact) mass is 246 g/mol. The molecule has 1 aliphatic rings. The summed E-state index contributed by atoms with van der Waals surface area (Å²) in [6.45, 7) is 1.45. The maximum Gasteiger partial charge on any atom is 0.258 e. The third-order valence-corrected chi connectivity index (χ3v) is 3.00. The first-order chi connectivity index (χ1) is 8.86. The van der Waals surface area contributed by atoms with E-state index in [1.807, 2.05) is 19.2 Å². The molecule has 1 aliphatic heterocycles. The minimum absolute atomic E-state index is 0.258. The molecule has 1 fully saturated rings. The van der Waals surface area contributed by atoms with Gasteiger partial charge in [-0.2, -0.15) is 4.98 Å². The molecule has 3 rings (SSSR count). The zero-order valence-corrected chi connectivity index (χ0v) is 10.1. The molecule has 0 aromatic carbocycles. The van der Waals surface area contributed by atoms with Gasteiger partial charge in [0.25, 0.3) is 5.89 Å². The van der Waals surface area contributed by atoms with E-state index in [9.17, 15) is 0 Å². The van der Waals surface area contributed by atoms with E-state index >= 15 is 0 Å². The Morgan fingerprint density at radius 3 is 3.17 bits per heavy atom. The average Bonchev–Trinajstić information content (AvgIpc) is 3.09. The highest BCUT2D eigenvalue weighted by molar-refractivity contribution is 5.57. The Hall–Kier alpha value is -1.95. The molecule has 2 aromatic rings. The van der Waals surface area contributed by atoms with Gasteiger partial charge in [0.2, 0.25) is 0 Å². The first-order valence-electron chi connectivity index (χ1n) is 5.92. The fourth-order valence-corrected chi connectivity index (χ4v) is 1.96. The van der Waals surface area contributed by atoms with E-state index in [-0.39, 0.29) is 5.92 Å². The van der Waals surface area contributed by atoms with Gasteiger partial charge >= 0.3 is 0 Å². The molecule has 0 amide bonds. The van der Waals surface area contributed by atoms with Crippen molar-refractivity contribution in [3.05, 3.63) is 24.2 Å². The summed E-state index contributed by atoms with van der Waals surface area (Å²) in [5.74, 6) is 2.28. The summed E-state index contributed by atoms with van der Waals surface area (Å²) in [6.07, 6.45) is 2.67. The van der Waals surface area contributed by atoms with Crippen molar-refractivity contribution >= 4 is 5.82 Å². The number of hydrogen-bond acceptors (Lipinski definition) is 6. The van der Waals surface area contributed by atoms with Gasteiger partial charge in [0.15, 0.2) is 5.82 Å².